The summed E-state index contributed by atoms with van der Waals surface area (Å²) in [7, 11) is 0. The standard InChI is InChI=1S/C19H25N/c1-4-5-16-8-10-18(11-9-16)19(20)13-17-7-6-14(2)15(3)12-17/h6-12,19H,4-5,13,20H2,1-3H3. The van der Waals surface area contributed by atoms with Crippen LogP contribution in [-0.2, 0) is 12.8 Å². The largest absolute Gasteiger partial charge is 0.324 e. The van der Waals surface area contributed by atoms with E-state index in [-0.39, 0.29) is 6.04 Å². The normalized spacial score (nSPS) is 12.4. The molecule has 0 aliphatic heterocycles. The van der Waals surface area contributed by atoms with Gasteiger partial charge in [0.05, 0.1) is 0 Å². The van der Waals surface area contributed by atoms with Gasteiger partial charge in [-0.15, -0.1) is 0 Å². The van der Waals surface area contributed by atoms with Crippen molar-refractivity contribution in [2.75, 3.05) is 0 Å². The average molecular weight is 267 g/mol. The van der Waals surface area contributed by atoms with Crippen molar-refractivity contribution >= 4 is 0 Å². The maximum absolute atomic E-state index is 6.34. The first-order chi connectivity index (χ1) is 9.60. The highest BCUT2D eigenvalue weighted by atomic mass is 14.6. The number of nitrogens with two attached hydrogens (primary N) is 1. The van der Waals surface area contributed by atoms with Crippen LogP contribution in [-0.4, -0.2) is 0 Å². The molecule has 106 valence electrons. The van der Waals surface area contributed by atoms with Gasteiger partial charge in [-0.3, -0.25) is 0 Å². The molecule has 0 fully saturated rings. The van der Waals surface area contributed by atoms with Crippen LogP contribution in [0.5, 0.6) is 0 Å². The van der Waals surface area contributed by atoms with Crippen molar-refractivity contribution in [2.24, 2.45) is 5.73 Å². The summed E-state index contributed by atoms with van der Waals surface area (Å²) in [5.41, 5.74) is 13.0. The molecule has 0 radical (unpaired) electrons. The van der Waals surface area contributed by atoms with Crippen molar-refractivity contribution in [1.82, 2.24) is 0 Å². The van der Waals surface area contributed by atoms with Gasteiger partial charge in [0.2, 0.25) is 0 Å². The minimum Gasteiger partial charge on any atom is -0.324 e. The van der Waals surface area contributed by atoms with Crippen molar-refractivity contribution in [3.63, 3.8) is 0 Å². The van der Waals surface area contributed by atoms with Gasteiger partial charge < -0.3 is 5.73 Å². The van der Waals surface area contributed by atoms with Crippen molar-refractivity contribution in [2.45, 2.75) is 46.1 Å². The Kier molecular flexibility index (Phi) is 4.97. The predicted molar refractivity (Wildman–Crippen MR) is 87.0 cm³/mol. The van der Waals surface area contributed by atoms with Crippen LogP contribution in [0.4, 0.5) is 0 Å². The van der Waals surface area contributed by atoms with E-state index in [1.54, 1.807) is 0 Å². The zero-order chi connectivity index (χ0) is 14.5. The summed E-state index contributed by atoms with van der Waals surface area (Å²) >= 11 is 0. The lowest BCUT2D eigenvalue weighted by Gasteiger charge is -2.14. The molecule has 2 rings (SSSR count). The molecule has 2 aromatic rings. The highest BCUT2D eigenvalue weighted by molar-refractivity contribution is 5.32. The van der Waals surface area contributed by atoms with Gasteiger partial charge in [-0.05, 0) is 54.5 Å². The second-order valence-corrected chi connectivity index (χ2v) is 5.72. The first-order valence-electron chi connectivity index (χ1n) is 7.50. The Morgan fingerprint density at radius 1 is 0.900 bits per heavy atom. The lowest BCUT2D eigenvalue weighted by atomic mass is 9.96. The highest BCUT2D eigenvalue weighted by Gasteiger charge is 2.07. The zero-order valence-electron chi connectivity index (χ0n) is 12.8. The SMILES string of the molecule is CCCc1ccc(C(N)Cc2ccc(C)c(C)c2)cc1. The lowest BCUT2D eigenvalue weighted by molar-refractivity contribution is 0.720. The van der Waals surface area contributed by atoms with E-state index in [4.69, 9.17) is 5.73 Å². The molecular formula is C19H25N. The van der Waals surface area contributed by atoms with Crippen molar-refractivity contribution in [1.29, 1.82) is 0 Å². The fraction of sp³-hybridized carbons (Fsp3) is 0.368. The van der Waals surface area contributed by atoms with E-state index < -0.39 is 0 Å². The highest BCUT2D eigenvalue weighted by Crippen LogP contribution is 2.19. The fourth-order valence-electron chi connectivity index (χ4n) is 2.52. The number of hydrogen-bond donors (Lipinski definition) is 1. The average Bonchev–Trinajstić information content (AvgIpc) is 2.44. The molecule has 1 unspecified atom stereocenters. The third kappa shape index (κ3) is 3.71. The van der Waals surface area contributed by atoms with Gasteiger partial charge in [0.1, 0.15) is 0 Å². The number of rotatable bonds is 5. The molecule has 0 saturated carbocycles. The second kappa shape index (κ2) is 6.71. The summed E-state index contributed by atoms with van der Waals surface area (Å²) in [6, 6.07) is 15.5. The molecule has 2 N–H and O–H groups in total. The van der Waals surface area contributed by atoms with Gasteiger partial charge in [0.25, 0.3) is 0 Å². The van der Waals surface area contributed by atoms with Gasteiger partial charge in [0.15, 0.2) is 0 Å². The van der Waals surface area contributed by atoms with E-state index in [0.717, 1.165) is 12.8 Å². The summed E-state index contributed by atoms with van der Waals surface area (Å²) < 4.78 is 0. The molecule has 0 amide bonds. The summed E-state index contributed by atoms with van der Waals surface area (Å²) in [4.78, 5) is 0. The Hall–Kier alpha value is -1.60. The third-order valence-electron chi connectivity index (χ3n) is 3.97. The van der Waals surface area contributed by atoms with E-state index in [2.05, 4.69) is 63.2 Å². The molecule has 0 aromatic heterocycles. The van der Waals surface area contributed by atoms with Crippen LogP contribution in [0.3, 0.4) is 0 Å². The van der Waals surface area contributed by atoms with Gasteiger partial charge in [-0.25, -0.2) is 0 Å². The molecule has 1 heteroatoms. The fourth-order valence-corrected chi connectivity index (χ4v) is 2.52. The number of benzene rings is 2. The number of hydrogen-bond acceptors (Lipinski definition) is 1. The van der Waals surface area contributed by atoms with E-state index in [0.29, 0.717) is 0 Å². The molecule has 1 atom stereocenters. The maximum Gasteiger partial charge on any atom is 0.0335 e. The van der Waals surface area contributed by atoms with Crippen LogP contribution in [0, 0.1) is 13.8 Å². The molecule has 20 heavy (non-hydrogen) atoms. The molecule has 0 saturated heterocycles. The van der Waals surface area contributed by atoms with Crippen molar-refractivity contribution in [3.05, 3.63) is 70.3 Å². The van der Waals surface area contributed by atoms with Crippen LogP contribution >= 0.6 is 0 Å². The zero-order valence-corrected chi connectivity index (χ0v) is 12.8. The third-order valence-corrected chi connectivity index (χ3v) is 3.97. The smallest absolute Gasteiger partial charge is 0.0335 e. The van der Waals surface area contributed by atoms with E-state index in [1.807, 2.05) is 0 Å². The van der Waals surface area contributed by atoms with Gasteiger partial charge >= 0.3 is 0 Å². The number of aryl methyl sites for hydroxylation is 3. The Labute approximate surface area is 122 Å². The molecule has 0 aliphatic carbocycles. The predicted octanol–water partition coefficient (Wildman–Crippen LogP) is 4.50. The van der Waals surface area contributed by atoms with Crippen LogP contribution in [0.25, 0.3) is 0 Å². The summed E-state index contributed by atoms with van der Waals surface area (Å²) in [6.45, 7) is 6.51. The summed E-state index contributed by atoms with van der Waals surface area (Å²) in [5, 5.41) is 0. The van der Waals surface area contributed by atoms with Crippen molar-refractivity contribution < 1.29 is 0 Å². The van der Waals surface area contributed by atoms with E-state index in [1.165, 1.54) is 34.2 Å². The van der Waals surface area contributed by atoms with Gasteiger partial charge in [0, 0.05) is 6.04 Å². The van der Waals surface area contributed by atoms with Crippen LogP contribution in [0.2, 0.25) is 0 Å². The van der Waals surface area contributed by atoms with Gasteiger partial charge in [-0.1, -0.05) is 55.8 Å². The Bertz CT molecular complexity index is 554. The van der Waals surface area contributed by atoms with Crippen molar-refractivity contribution in [3.8, 4) is 0 Å². The van der Waals surface area contributed by atoms with Crippen LogP contribution in [0.15, 0.2) is 42.5 Å². The molecule has 2 aromatic carbocycles. The molecular weight excluding hydrogens is 242 g/mol. The minimum atomic E-state index is 0.0767. The summed E-state index contributed by atoms with van der Waals surface area (Å²) in [5.74, 6) is 0. The Balaban J connectivity index is 2.06. The Morgan fingerprint density at radius 3 is 2.15 bits per heavy atom. The quantitative estimate of drug-likeness (QED) is 0.848. The monoisotopic (exact) mass is 267 g/mol. The minimum absolute atomic E-state index is 0.0767. The first-order valence-corrected chi connectivity index (χ1v) is 7.50. The molecule has 0 heterocycles. The van der Waals surface area contributed by atoms with E-state index >= 15 is 0 Å². The summed E-state index contributed by atoms with van der Waals surface area (Å²) in [6.07, 6.45) is 3.23. The topological polar surface area (TPSA) is 26.0 Å². The van der Waals surface area contributed by atoms with Crippen LogP contribution in [0.1, 0.15) is 47.2 Å². The molecule has 0 spiro atoms. The first kappa shape index (κ1) is 14.8. The Morgan fingerprint density at radius 2 is 1.55 bits per heavy atom. The molecule has 0 bridgehead atoms. The lowest BCUT2D eigenvalue weighted by Crippen LogP contribution is -2.13. The second-order valence-electron chi connectivity index (χ2n) is 5.72. The van der Waals surface area contributed by atoms with E-state index in [9.17, 15) is 0 Å². The van der Waals surface area contributed by atoms with Gasteiger partial charge in [-0.2, -0.15) is 0 Å². The molecule has 1 nitrogen and oxygen atoms in total. The molecule has 0 aliphatic rings. The maximum atomic E-state index is 6.34. The van der Waals surface area contributed by atoms with Crippen LogP contribution < -0.4 is 5.73 Å².